The van der Waals surface area contributed by atoms with Crippen LogP contribution in [-0.4, -0.2) is 73.4 Å². The molecule has 1 aliphatic heterocycles. The minimum atomic E-state index is -0.625. The fraction of sp³-hybridized carbons (Fsp3) is 0.542. The van der Waals surface area contributed by atoms with Crippen LogP contribution in [0.1, 0.15) is 30.3 Å². The molecule has 8 heteroatoms. The van der Waals surface area contributed by atoms with Crippen molar-refractivity contribution in [2.45, 2.75) is 32.4 Å². The lowest BCUT2D eigenvalue weighted by atomic mass is 10.00. The molecule has 0 unspecified atom stereocenters. The first-order valence-electron chi connectivity index (χ1n) is 11.0. The SMILES string of the molecule is COC[C@H](O)CN(CC(=O)N1CCc2sccc2[C@H]1COc1ccc(Cl)cc1)CC(C)C. The Morgan fingerprint density at radius 2 is 2.03 bits per heavy atom. The fourth-order valence-corrected chi connectivity index (χ4v) is 5.18. The second-order valence-electron chi connectivity index (χ2n) is 8.61. The molecule has 1 aliphatic rings. The maximum atomic E-state index is 13.4. The number of nitrogens with zero attached hydrogens (tertiary/aromatic N) is 2. The number of ether oxygens (including phenoxy) is 2. The molecule has 6 nitrogen and oxygen atoms in total. The molecule has 1 amide bonds. The largest absolute Gasteiger partial charge is 0.491 e. The molecule has 0 radical (unpaired) electrons. The molecule has 2 atom stereocenters. The minimum absolute atomic E-state index is 0.0526. The van der Waals surface area contributed by atoms with Crippen molar-refractivity contribution in [3.05, 3.63) is 51.2 Å². The lowest BCUT2D eigenvalue weighted by Crippen LogP contribution is -2.48. The molecular weight excluding hydrogens is 448 g/mol. The molecule has 0 aliphatic carbocycles. The number of rotatable bonds is 11. The number of hydrogen-bond acceptors (Lipinski definition) is 6. The van der Waals surface area contributed by atoms with E-state index in [1.165, 1.54) is 10.4 Å². The van der Waals surface area contributed by atoms with Gasteiger partial charge in [0, 0.05) is 36.6 Å². The Hall–Kier alpha value is -1.64. The molecular formula is C24H33ClN2O4S. The molecule has 1 N–H and O–H groups in total. The van der Waals surface area contributed by atoms with Crippen LogP contribution in [0.15, 0.2) is 35.7 Å². The summed E-state index contributed by atoms with van der Waals surface area (Å²) < 4.78 is 11.1. The third-order valence-corrected chi connectivity index (χ3v) is 6.70. The Morgan fingerprint density at radius 1 is 1.28 bits per heavy atom. The van der Waals surface area contributed by atoms with Crippen molar-refractivity contribution in [3.63, 3.8) is 0 Å². The molecule has 2 aromatic rings. The summed E-state index contributed by atoms with van der Waals surface area (Å²) >= 11 is 7.71. The van der Waals surface area contributed by atoms with E-state index in [0.717, 1.165) is 18.7 Å². The number of amides is 1. The van der Waals surface area contributed by atoms with Crippen molar-refractivity contribution < 1.29 is 19.4 Å². The molecule has 0 spiro atoms. The number of carbonyl (C=O) groups excluding carboxylic acids is 1. The van der Waals surface area contributed by atoms with E-state index in [1.54, 1.807) is 30.6 Å². The van der Waals surface area contributed by atoms with E-state index in [1.807, 2.05) is 21.9 Å². The van der Waals surface area contributed by atoms with Gasteiger partial charge in [-0.05, 0) is 53.6 Å². The lowest BCUT2D eigenvalue weighted by Gasteiger charge is -2.37. The maximum Gasteiger partial charge on any atom is 0.237 e. The van der Waals surface area contributed by atoms with E-state index in [4.69, 9.17) is 21.1 Å². The first-order valence-corrected chi connectivity index (χ1v) is 12.3. The average Bonchev–Trinajstić information content (AvgIpc) is 3.21. The van der Waals surface area contributed by atoms with Crippen LogP contribution in [0, 0.1) is 5.92 Å². The van der Waals surface area contributed by atoms with Gasteiger partial charge in [0.15, 0.2) is 0 Å². The van der Waals surface area contributed by atoms with Crippen molar-refractivity contribution >= 4 is 28.8 Å². The van der Waals surface area contributed by atoms with Crippen LogP contribution >= 0.6 is 22.9 Å². The highest BCUT2D eigenvalue weighted by Crippen LogP contribution is 2.34. The zero-order valence-electron chi connectivity index (χ0n) is 19.0. The van der Waals surface area contributed by atoms with Gasteiger partial charge in [0.25, 0.3) is 0 Å². The van der Waals surface area contributed by atoms with E-state index in [2.05, 4.69) is 25.3 Å². The third kappa shape index (κ3) is 6.93. The summed E-state index contributed by atoms with van der Waals surface area (Å²) in [6.07, 6.45) is 0.229. The Balaban J connectivity index is 1.72. The van der Waals surface area contributed by atoms with Crippen molar-refractivity contribution in [1.82, 2.24) is 9.80 Å². The zero-order chi connectivity index (χ0) is 23.1. The van der Waals surface area contributed by atoms with Crippen LogP contribution in [0.5, 0.6) is 5.75 Å². The van der Waals surface area contributed by atoms with E-state index in [0.29, 0.717) is 30.6 Å². The predicted molar refractivity (Wildman–Crippen MR) is 129 cm³/mol. The molecule has 2 heterocycles. The molecule has 0 saturated heterocycles. The fourth-order valence-electron chi connectivity index (χ4n) is 4.13. The van der Waals surface area contributed by atoms with Crippen LogP contribution in [0.2, 0.25) is 5.02 Å². The van der Waals surface area contributed by atoms with Gasteiger partial charge in [-0.25, -0.2) is 0 Å². The molecule has 1 aromatic carbocycles. The minimum Gasteiger partial charge on any atom is -0.491 e. The van der Waals surface area contributed by atoms with E-state index in [-0.39, 0.29) is 25.1 Å². The molecule has 3 rings (SSSR count). The summed E-state index contributed by atoms with van der Waals surface area (Å²) in [6.45, 7) is 6.92. The van der Waals surface area contributed by atoms with Crippen LogP contribution in [0.4, 0.5) is 0 Å². The second-order valence-corrected chi connectivity index (χ2v) is 10.1. The number of aliphatic hydroxyl groups excluding tert-OH is 1. The molecule has 0 bridgehead atoms. The normalized spacial score (nSPS) is 17.0. The summed E-state index contributed by atoms with van der Waals surface area (Å²) in [5.41, 5.74) is 1.17. The number of methoxy groups -OCH3 is 1. The number of thiophene rings is 1. The van der Waals surface area contributed by atoms with Crippen molar-refractivity contribution in [2.24, 2.45) is 5.92 Å². The molecule has 32 heavy (non-hydrogen) atoms. The van der Waals surface area contributed by atoms with Crippen LogP contribution in [0.3, 0.4) is 0 Å². The van der Waals surface area contributed by atoms with Crippen molar-refractivity contribution in [3.8, 4) is 5.75 Å². The zero-order valence-corrected chi connectivity index (χ0v) is 20.6. The standard InChI is InChI=1S/C24H33ClN2O4S/c1-17(2)12-26(13-19(28)15-30-3)14-24(29)27-10-8-23-21(9-11-32-23)22(27)16-31-20-6-4-18(25)5-7-20/h4-7,9,11,17,19,22,28H,8,10,12-16H2,1-3H3/t19-,22-/m1/s1. The first kappa shape index (κ1) is 25.0. The topological polar surface area (TPSA) is 62.2 Å². The summed E-state index contributed by atoms with van der Waals surface area (Å²) in [6, 6.07) is 9.24. The van der Waals surface area contributed by atoms with E-state index >= 15 is 0 Å². The monoisotopic (exact) mass is 480 g/mol. The van der Waals surface area contributed by atoms with Gasteiger partial charge in [0.1, 0.15) is 12.4 Å². The van der Waals surface area contributed by atoms with Gasteiger partial charge in [0.05, 0.1) is 25.3 Å². The van der Waals surface area contributed by atoms with Gasteiger partial charge in [-0.15, -0.1) is 11.3 Å². The van der Waals surface area contributed by atoms with E-state index < -0.39 is 6.10 Å². The van der Waals surface area contributed by atoms with Gasteiger partial charge >= 0.3 is 0 Å². The predicted octanol–water partition coefficient (Wildman–Crippen LogP) is 3.87. The van der Waals surface area contributed by atoms with Crippen molar-refractivity contribution in [1.29, 1.82) is 0 Å². The quantitative estimate of drug-likeness (QED) is 0.529. The number of halogens is 1. The van der Waals surface area contributed by atoms with Crippen LogP contribution in [-0.2, 0) is 16.0 Å². The highest BCUT2D eigenvalue weighted by atomic mass is 35.5. The first-order chi connectivity index (χ1) is 15.4. The number of hydrogen-bond donors (Lipinski definition) is 1. The molecule has 0 saturated carbocycles. The molecule has 176 valence electrons. The van der Waals surface area contributed by atoms with E-state index in [9.17, 15) is 9.90 Å². The molecule has 1 aromatic heterocycles. The van der Waals surface area contributed by atoms with Gasteiger partial charge in [-0.1, -0.05) is 25.4 Å². The molecule has 0 fully saturated rings. The summed E-state index contributed by atoms with van der Waals surface area (Å²) in [5, 5.41) is 13.0. The third-order valence-electron chi connectivity index (χ3n) is 5.45. The number of fused-ring (bicyclic) bond motifs is 1. The van der Waals surface area contributed by atoms with Gasteiger partial charge in [-0.3, -0.25) is 9.69 Å². The van der Waals surface area contributed by atoms with Crippen molar-refractivity contribution in [2.75, 3.05) is 46.5 Å². The Morgan fingerprint density at radius 3 is 2.72 bits per heavy atom. The summed E-state index contributed by atoms with van der Waals surface area (Å²) in [7, 11) is 1.57. The number of benzene rings is 1. The Labute approximate surface area is 199 Å². The van der Waals surface area contributed by atoms with Gasteiger partial charge in [-0.2, -0.15) is 0 Å². The highest BCUT2D eigenvalue weighted by molar-refractivity contribution is 7.10. The van der Waals surface area contributed by atoms with Crippen LogP contribution in [0.25, 0.3) is 0 Å². The lowest BCUT2D eigenvalue weighted by molar-refractivity contribution is -0.136. The average molecular weight is 481 g/mol. The Kier molecular flexibility index (Phi) is 9.37. The summed E-state index contributed by atoms with van der Waals surface area (Å²) in [5.74, 6) is 1.16. The smallest absolute Gasteiger partial charge is 0.237 e. The number of carbonyl (C=O) groups is 1. The summed E-state index contributed by atoms with van der Waals surface area (Å²) in [4.78, 5) is 18.7. The highest BCUT2D eigenvalue weighted by Gasteiger charge is 2.33. The number of aliphatic hydroxyl groups is 1. The Bertz CT molecular complexity index is 858. The van der Waals surface area contributed by atoms with Gasteiger partial charge < -0.3 is 19.5 Å². The second kappa shape index (κ2) is 12.0. The van der Waals surface area contributed by atoms with Crippen LogP contribution < -0.4 is 4.74 Å². The van der Waals surface area contributed by atoms with Gasteiger partial charge in [0.2, 0.25) is 5.91 Å². The maximum absolute atomic E-state index is 13.4.